The highest BCUT2D eigenvalue weighted by Crippen LogP contribution is 2.30. The second-order valence-corrected chi connectivity index (χ2v) is 3.10. The van der Waals surface area contributed by atoms with Crippen LogP contribution in [0.2, 0.25) is 0 Å². The molecular weight excluding hydrogens is 210 g/mol. The fourth-order valence-corrected chi connectivity index (χ4v) is 1.27. The third-order valence-corrected chi connectivity index (χ3v) is 2.09. The summed E-state index contributed by atoms with van der Waals surface area (Å²) in [7, 11) is 1.54. The Balaban J connectivity index is 2.45. The molecule has 16 heavy (non-hydrogen) atoms. The van der Waals surface area contributed by atoms with Crippen LogP contribution in [0.4, 0.5) is 0 Å². The first-order valence-corrected chi connectivity index (χ1v) is 4.64. The van der Waals surface area contributed by atoms with Gasteiger partial charge in [0, 0.05) is 0 Å². The van der Waals surface area contributed by atoms with Gasteiger partial charge in [-0.05, 0) is 18.2 Å². The molecule has 3 N–H and O–H groups in total. The highest BCUT2D eigenvalue weighted by atomic mass is 16.5. The molecule has 6 nitrogen and oxygen atoms in total. The molecule has 0 unspecified atom stereocenters. The summed E-state index contributed by atoms with van der Waals surface area (Å²) in [6.45, 7) is 0.164. The predicted octanol–water partition coefficient (Wildman–Crippen LogP) is 0.909. The maximum absolute atomic E-state index is 9.66. The highest BCUT2D eigenvalue weighted by Gasteiger charge is 2.12. The smallest absolute Gasteiger partial charge is 0.240 e. The van der Waals surface area contributed by atoms with E-state index in [4.69, 9.17) is 15.0 Å². The normalized spacial score (nSPS) is 10.4. The van der Waals surface area contributed by atoms with E-state index < -0.39 is 0 Å². The topological polar surface area (TPSA) is 94.4 Å². The van der Waals surface area contributed by atoms with Gasteiger partial charge in [0.1, 0.15) is 11.5 Å². The van der Waals surface area contributed by atoms with E-state index in [0.29, 0.717) is 17.2 Å². The van der Waals surface area contributed by atoms with Crippen LogP contribution >= 0.6 is 0 Å². The van der Waals surface area contributed by atoms with Gasteiger partial charge in [-0.25, -0.2) is 0 Å². The van der Waals surface area contributed by atoms with Crippen LogP contribution in [0.25, 0.3) is 11.4 Å². The van der Waals surface area contributed by atoms with Gasteiger partial charge in [0.05, 0.1) is 19.2 Å². The quantitative estimate of drug-likeness (QED) is 0.799. The van der Waals surface area contributed by atoms with Crippen LogP contribution in [-0.4, -0.2) is 22.4 Å². The van der Waals surface area contributed by atoms with Gasteiger partial charge in [-0.15, -0.1) is 0 Å². The zero-order chi connectivity index (χ0) is 11.5. The third kappa shape index (κ3) is 1.82. The summed E-state index contributed by atoms with van der Waals surface area (Å²) in [6.07, 6.45) is 0. The largest absolute Gasteiger partial charge is 0.507 e. The lowest BCUT2D eigenvalue weighted by atomic mass is 10.2. The lowest BCUT2D eigenvalue weighted by molar-refractivity contribution is 0.380. The zero-order valence-electron chi connectivity index (χ0n) is 8.67. The first-order valence-electron chi connectivity index (χ1n) is 4.64. The highest BCUT2D eigenvalue weighted by molar-refractivity contribution is 5.65. The summed E-state index contributed by atoms with van der Waals surface area (Å²) in [5, 5.41) is 13.4. The van der Waals surface area contributed by atoms with Crippen LogP contribution in [0.1, 0.15) is 5.89 Å². The molecule has 0 aliphatic carbocycles. The van der Waals surface area contributed by atoms with Crippen LogP contribution in [-0.2, 0) is 6.54 Å². The van der Waals surface area contributed by atoms with E-state index in [1.807, 2.05) is 0 Å². The Morgan fingerprint density at radius 2 is 2.31 bits per heavy atom. The summed E-state index contributed by atoms with van der Waals surface area (Å²) in [6, 6.07) is 4.77. The van der Waals surface area contributed by atoms with Gasteiger partial charge in [0.15, 0.2) is 0 Å². The molecule has 84 valence electrons. The van der Waals surface area contributed by atoms with Crippen molar-refractivity contribution in [2.75, 3.05) is 7.11 Å². The Bertz CT molecular complexity index is 496. The molecule has 0 saturated heterocycles. The van der Waals surface area contributed by atoms with Gasteiger partial charge in [0.25, 0.3) is 0 Å². The average molecular weight is 221 g/mol. The third-order valence-electron chi connectivity index (χ3n) is 2.09. The van der Waals surface area contributed by atoms with Crippen molar-refractivity contribution in [3.63, 3.8) is 0 Å². The van der Waals surface area contributed by atoms with Crippen molar-refractivity contribution in [2.45, 2.75) is 6.54 Å². The predicted molar refractivity (Wildman–Crippen MR) is 55.8 cm³/mol. The van der Waals surface area contributed by atoms with Gasteiger partial charge < -0.3 is 20.1 Å². The summed E-state index contributed by atoms with van der Waals surface area (Å²) in [4.78, 5) is 4.02. The Morgan fingerprint density at radius 1 is 1.50 bits per heavy atom. The summed E-state index contributed by atoms with van der Waals surface area (Å²) in [5.41, 5.74) is 5.80. The van der Waals surface area contributed by atoms with E-state index in [9.17, 15) is 5.11 Å². The van der Waals surface area contributed by atoms with Crippen molar-refractivity contribution in [3.05, 3.63) is 24.1 Å². The molecule has 0 saturated carbocycles. The molecule has 2 aromatic rings. The van der Waals surface area contributed by atoms with Crippen LogP contribution in [0, 0.1) is 0 Å². The van der Waals surface area contributed by atoms with E-state index in [1.165, 1.54) is 13.2 Å². The van der Waals surface area contributed by atoms with E-state index >= 15 is 0 Å². The fourth-order valence-electron chi connectivity index (χ4n) is 1.27. The number of methoxy groups -OCH3 is 1. The number of phenolic OH excluding ortho intramolecular Hbond substituents is 1. The number of aromatic nitrogens is 2. The number of nitrogens with two attached hydrogens (primary N) is 1. The van der Waals surface area contributed by atoms with Crippen molar-refractivity contribution in [3.8, 4) is 22.9 Å². The van der Waals surface area contributed by atoms with Crippen molar-refractivity contribution >= 4 is 0 Å². The summed E-state index contributed by atoms with van der Waals surface area (Å²) < 4.78 is 9.90. The number of aromatic hydroxyl groups is 1. The molecule has 0 radical (unpaired) electrons. The Kier molecular flexibility index (Phi) is 2.74. The van der Waals surface area contributed by atoms with Gasteiger partial charge >= 0.3 is 0 Å². The van der Waals surface area contributed by atoms with Crippen LogP contribution in [0.15, 0.2) is 22.7 Å². The standard InChI is InChI=1S/C10H11N3O3/c1-15-6-2-3-8(14)7(4-6)10-12-9(5-11)16-13-10/h2-4,14H,5,11H2,1H3. The molecule has 2 rings (SSSR count). The molecule has 0 amide bonds. The molecule has 1 aromatic heterocycles. The second kappa shape index (κ2) is 4.19. The Labute approximate surface area is 91.7 Å². The zero-order valence-corrected chi connectivity index (χ0v) is 8.67. The number of phenols is 1. The van der Waals surface area contributed by atoms with Crippen molar-refractivity contribution in [2.24, 2.45) is 5.73 Å². The molecule has 0 aliphatic rings. The molecule has 0 bridgehead atoms. The maximum Gasteiger partial charge on any atom is 0.240 e. The molecule has 0 atom stereocenters. The van der Waals surface area contributed by atoms with E-state index in [0.717, 1.165) is 0 Å². The molecular formula is C10H11N3O3. The molecule has 6 heteroatoms. The molecule has 0 aliphatic heterocycles. The number of ether oxygens (including phenoxy) is 1. The van der Waals surface area contributed by atoms with Crippen LogP contribution in [0.3, 0.4) is 0 Å². The minimum absolute atomic E-state index is 0.0603. The number of nitrogens with zero attached hydrogens (tertiary/aromatic N) is 2. The fraction of sp³-hybridized carbons (Fsp3) is 0.200. The summed E-state index contributed by atoms with van der Waals surface area (Å²) >= 11 is 0. The molecule has 1 heterocycles. The van der Waals surface area contributed by atoms with Crippen molar-refractivity contribution < 1.29 is 14.4 Å². The number of hydrogen-bond acceptors (Lipinski definition) is 6. The lowest BCUT2D eigenvalue weighted by Crippen LogP contribution is -1.95. The second-order valence-electron chi connectivity index (χ2n) is 3.10. The monoisotopic (exact) mass is 221 g/mol. The molecule has 0 spiro atoms. The Morgan fingerprint density at radius 3 is 2.94 bits per heavy atom. The van der Waals surface area contributed by atoms with Crippen molar-refractivity contribution in [1.82, 2.24) is 10.1 Å². The minimum Gasteiger partial charge on any atom is -0.507 e. The number of benzene rings is 1. The van der Waals surface area contributed by atoms with Crippen LogP contribution < -0.4 is 10.5 Å². The first-order chi connectivity index (χ1) is 7.74. The minimum atomic E-state index is 0.0603. The maximum atomic E-state index is 9.66. The van der Waals surface area contributed by atoms with Crippen LogP contribution in [0.5, 0.6) is 11.5 Å². The van der Waals surface area contributed by atoms with Gasteiger partial charge in [-0.1, -0.05) is 5.16 Å². The van der Waals surface area contributed by atoms with E-state index in [1.54, 1.807) is 12.1 Å². The SMILES string of the molecule is COc1ccc(O)c(-c2noc(CN)n2)c1. The van der Waals surface area contributed by atoms with Gasteiger partial charge in [-0.2, -0.15) is 4.98 Å². The first kappa shape index (κ1) is 10.4. The average Bonchev–Trinajstić information content (AvgIpc) is 2.78. The summed E-state index contributed by atoms with van der Waals surface area (Å²) in [5.74, 6) is 1.27. The Hall–Kier alpha value is -2.08. The molecule has 1 aromatic carbocycles. The van der Waals surface area contributed by atoms with E-state index in [-0.39, 0.29) is 18.1 Å². The van der Waals surface area contributed by atoms with Gasteiger partial charge in [0.2, 0.25) is 11.7 Å². The number of rotatable bonds is 3. The lowest BCUT2D eigenvalue weighted by Gasteiger charge is -2.03. The van der Waals surface area contributed by atoms with Gasteiger partial charge in [-0.3, -0.25) is 0 Å². The van der Waals surface area contributed by atoms with Crippen molar-refractivity contribution in [1.29, 1.82) is 0 Å². The van der Waals surface area contributed by atoms with E-state index in [2.05, 4.69) is 10.1 Å². The number of hydrogen-bond donors (Lipinski definition) is 2. The molecule has 0 fully saturated rings.